The van der Waals surface area contributed by atoms with E-state index in [1.54, 1.807) is 0 Å². The molecule has 116 valence electrons. The number of benzene rings is 1. The average molecular weight is 384 g/mol. The lowest BCUT2D eigenvalue weighted by Crippen LogP contribution is -2.31. The molecule has 0 radical (unpaired) electrons. The fourth-order valence-corrected chi connectivity index (χ4v) is 4.82. The van der Waals surface area contributed by atoms with Gasteiger partial charge in [-0.15, -0.1) is 0 Å². The molecule has 2 rings (SSSR count). The predicted octanol–water partition coefficient (Wildman–Crippen LogP) is 1.91. The maximum Gasteiger partial charge on any atom is 0.310 e. The lowest BCUT2D eigenvalue weighted by atomic mass is 10.1. The maximum absolute atomic E-state index is 13.8. The van der Waals surface area contributed by atoms with Gasteiger partial charge >= 0.3 is 5.97 Å². The highest BCUT2D eigenvalue weighted by Gasteiger charge is 2.38. The SMILES string of the molecule is COC(=O)C1CCN(S(=O)(=O)c2c(F)cc(F)cc2Br)C1. The number of methoxy groups -OCH3 is 1. The van der Waals surface area contributed by atoms with Crippen LogP contribution in [0.25, 0.3) is 0 Å². The molecule has 0 bridgehead atoms. The van der Waals surface area contributed by atoms with Gasteiger partial charge in [0.05, 0.1) is 13.0 Å². The van der Waals surface area contributed by atoms with E-state index in [1.165, 1.54) is 7.11 Å². The number of hydrogen-bond donors (Lipinski definition) is 0. The number of esters is 1. The van der Waals surface area contributed by atoms with Crippen molar-refractivity contribution in [1.29, 1.82) is 0 Å². The number of rotatable bonds is 3. The van der Waals surface area contributed by atoms with Crippen molar-refractivity contribution in [2.45, 2.75) is 11.3 Å². The maximum atomic E-state index is 13.8. The van der Waals surface area contributed by atoms with Gasteiger partial charge in [0.1, 0.15) is 16.5 Å². The summed E-state index contributed by atoms with van der Waals surface area (Å²) in [6.45, 7) is -0.0103. The van der Waals surface area contributed by atoms with E-state index >= 15 is 0 Å². The van der Waals surface area contributed by atoms with Crippen LogP contribution in [0.15, 0.2) is 21.5 Å². The molecule has 9 heteroatoms. The Bertz CT molecular complexity index is 657. The Labute approximate surface area is 129 Å². The Hall–Kier alpha value is -1.06. The summed E-state index contributed by atoms with van der Waals surface area (Å²) in [4.78, 5) is 10.8. The minimum absolute atomic E-state index is 0.0748. The van der Waals surface area contributed by atoms with Gasteiger partial charge in [0.25, 0.3) is 0 Å². The number of carbonyl (C=O) groups is 1. The van der Waals surface area contributed by atoms with Crippen molar-refractivity contribution < 1.29 is 26.7 Å². The summed E-state index contributed by atoms with van der Waals surface area (Å²) < 4.78 is 57.1. The molecule has 0 amide bonds. The third-order valence-corrected chi connectivity index (χ3v) is 6.08. The van der Waals surface area contributed by atoms with Gasteiger partial charge < -0.3 is 4.74 Å². The van der Waals surface area contributed by atoms with Crippen molar-refractivity contribution in [2.75, 3.05) is 20.2 Å². The summed E-state index contributed by atoms with van der Waals surface area (Å²) in [5.74, 6) is -3.14. The van der Waals surface area contributed by atoms with Crippen LogP contribution in [0.1, 0.15) is 6.42 Å². The van der Waals surface area contributed by atoms with Crippen molar-refractivity contribution >= 4 is 31.9 Å². The molecule has 1 unspecified atom stereocenters. The largest absolute Gasteiger partial charge is 0.469 e. The van der Waals surface area contributed by atoms with E-state index in [0.29, 0.717) is 12.5 Å². The Morgan fingerprint density at radius 1 is 1.43 bits per heavy atom. The zero-order valence-corrected chi connectivity index (χ0v) is 13.4. The first-order chi connectivity index (χ1) is 9.77. The molecule has 1 saturated heterocycles. The summed E-state index contributed by atoms with van der Waals surface area (Å²) in [7, 11) is -2.94. The molecule has 21 heavy (non-hydrogen) atoms. The standard InChI is InChI=1S/C12H12BrF2NO4S/c1-20-12(17)7-2-3-16(6-7)21(18,19)11-9(13)4-8(14)5-10(11)15/h4-5,7H,2-3,6H2,1H3. The fourth-order valence-electron chi connectivity index (χ4n) is 2.21. The van der Waals surface area contributed by atoms with Crippen LogP contribution in [0.4, 0.5) is 8.78 Å². The quantitative estimate of drug-likeness (QED) is 0.747. The first kappa shape index (κ1) is 16.3. The third-order valence-electron chi connectivity index (χ3n) is 3.25. The number of nitrogens with zero attached hydrogens (tertiary/aromatic N) is 1. The number of carbonyl (C=O) groups excluding carboxylic acids is 1. The van der Waals surface area contributed by atoms with Gasteiger partial charge in [0, 0.05) is 23.6 Å². The molecule has 1 aliphatic heterocycles. The molecule has 1 atom stereocenters. The van der Waals surface area contributed by atoms with E-state index in [0.717, 1.165) is 10.4 Å². The van der Waals surface area contributed by atoms with Crippen molar-refractivity contribution in [1.82, 2.24) is 4.31 Å². The molecule has 0 aliphatic carbocycles. The fraction of sp³-hybridized carbons (Fsp3) is 0.417. The summed E-state index contributed by atoms with van der Waals surface area (Å²) in [6.07, 6.45) is 0.298. The molecule has 5 nitrogen and oxygen atoms in total. The number of halogens is 3. The van der Waals surface area contributed by atoms with Crippen LogP contribution in [0.3, 0.4) is 0 Å². The average Bonchev–Trinajstić information content (AvgIpc) is 2.86. The highest BCUT2D eigenvalue weighted by molar-refractivity contribution is 9.10. The summed E-state index contributed by atoms with van der Waals surface area (Å²) in [6, 6.07) is 1.38. The van der Waals surface area contributed by atoms with E-state index in [9.17, 15) is 22.0 Å². The topological polar surface area (TPSA) is 63.7 Å². The van der Waals surface area contributed by atoms with Crippen LogP contribution in [-0.2, 0) is 19.6 Å². The zero-order valence-electron chi connectivity index (χ0n) is 11.0. The smallest absolute Gasteiger partial charge is 0.310 e. The minimum Gasteiger partial charge on any atom is -0.469 e. The lowest BCUT2D eigenvalue weighted by molar-refractivity contribution is -0.144. The zero-order chi connectivity index (χ0) is 15.8. The van der Waals surface area contributed by atoms with E-state index in [1.807, 2.05) is 0 Å². The first-order valence-electron chi connectivity index (χ1n) is 6.00. The molecule has 1 heterocycles. The Morgan fingerprint density at radius 3 is 2.67 bits per heavy atom. The predicted molar refractivity (Wildman–Crippen MR) is 72.9 cm³/mol. The first-order valence-corrected chi connectivity index (χ1v) is 8.23. The van der Waals surface area contributed by atoms with Gasteiger partial charge in [0.15, 0.2) is 0 Å². The van der Waals surface area contributed by atoms with Crippen LogP contribution >= 0.6 is 15.9 Å². The number of hydrogen-bond acceptors (Lipinski definition) is 4. The van der Waals surface area contributed by atoms with Crippen molar-refractivity contribution in [3.8, 4) is 0 Å². The van der Waals surface area contributed by atoms with E-state index in [4.69, 9.17) is 0 Å². The van der Waals surface area contributed by atoms with Crippen LogP contribution in [0.2, 0.25) is 0 Å². The summed E-state index contributed by atoms with van der Waals surface area (Å²) >= 11 is 2.86. The van der Waals surface area contributed by atoms with Crippen LogP contribution in [0.5, 0.6) is 0 Å². The Kier molecular flexibility index (Phi) is 4.64. The second-order valence-electron chi connectivity index (χ2n) is 4.57. The van der Waals surface area contributed by atoms with Gasteiger partial charge in [-0.3, -0.25) is 4.79 Å². The third kappa shape index (κ3) is 3.09. The lowest BCUT2D eigenvalue weighted by Gasteiger charge is -2.17. The van der Waals surface area contributed by atoms with Gasteiger partial charge in [-0.1, -0.05) is 0 Å². The number of sulfonamides is 1. The molecule has 1 aromatic rings. The van der Waals surface area contributed by atoms with E-state index in [2.05, 4.69) is 20.7 Å². The van der Waals surface area contributed by atoms with Crippen LogP contribution in [-0.4, -0.2) is 38.9 Å². The van der Waals surface area contributed by atoms with Crippen LogP contribution in [0, 0.1) is 17.6 Å². The molecule has 1 aliphatic rings. The van der Waals surface area contributed by atoms with E-state index in [-0.39, 0.29) is 17.6 Å². The minimum atomic E-state index is -4.15. The molecule has 1 aromatic carbocycles. The van der Waals surface area contributed by atoms with E-state index < -0.39 is 38.4 Å². The molecular formula is C12H12BrF2NO4S. The van der Waals surface area contributed by atoms with Gasteiger partial charge in [-0.05, 0) is 28.4 Å². The second kappa shape index (κ2) is 5.98. The van der Waals surface area contributed by atoms with Crippen LogP contribution < -0.4 is 0 Å². The molecule has 0 N–H and O–H groups in total. The second-order valence-corrected chi connectivity index (χ2v) is 7.30. The molecule has 0 saturated carbocycles. The Morgan fingerprint density at radius 2 is 2.10 bits per heavy atom. The molecule has 1 fully saturated rings. The normalized spacial score (nSPS) is 19.7. The Balaban J connectivity index is 2.34. The van der Waals surface area contributed by atoms with Crippen molar-refractivity contribution in [2.24, 2.45) is 5.92 Å². The van der Waals surface area contributed by atoms with Gasteiger partial charge in [0.2, 0.25) is 10.0 Å². The summed E-state index contributed by atoms with van der Waals surface area (Å²) in [5, 5.41) is 0. The summed E-state index contributed by atoms with van der Waals surface area (Å²) in [5.41, 5.74) is 0. The highest BCUT2D eigenvalue weighted by atomic mass is 79.9. The molecule has 0 aromatic heterocycles. The van der Waals surface area contributed by atoms with Gasteiger partial charge in [-0.2, -0.15) is 4.31 Å². The number of ether oxygens (including phenoxy) is 1. The molecule has 0 spiro atoms. The monoisotopic (exact) mass is 383 g/mol. The van der Waals surface area contributed by atoms with Crippen molar-refractivity contribution in [3.63, 3.8) is 0 Å². The van der Waals surface area contributed by atoms with Crippen molar-refractivity contribution in [3.05, 3.63) is 28.2 Å². The molecular weight excluding hydrogens is 372 g/mol. The van der Waals surface area contributed by atoms with Gasteiger partial charge in [-0.25, -0.2) is 17.2 Å². The highest BCUT2D eigenvalue weighted by Crippen LogP contribution is 2.32.